The Labute approximate surface area is 109 Å². The average Bonchev–Trinajstić information content (AvgIpc) is 2.38. The fraction of sp³-hybridized carbons (Fsp3) is 0.133. The van der Waals surface area contributed by atoms with Crippen LogP contribution in [0.1, 0.15) is 21.5 Å². The van der Waals surface area contributed by atoms with Gasteiger partial charge in [0.05, 0.1) is 0 Å². The molecule has 0 saturated carbocycles. The number of aryl methyl sites for hydroxylation is 1. The van der Waals surface area contributed by atoms with Crippen molar-refractivity contribution in [3.05, 3.63) is 58.7 Å². The predicted octanol–water partition coefficient (Wildman–Crippen LogP) is 4.19. The van der Waals surface area contributed by atoms with E-state index < -0.39 is 17.4 Å². The number of benzene rings is 2. The van der Waals surface area contributed by atoms with Crippen LogP contribution < -0.4 is 4.74 Å². The highest BCUT2D eigenvalue weighted by Gasteiger charge is 2.14. The number of halogens is 2. The van der Waals surface area contributed by atoms with Gasteiger partial charge in [0.15, 0.2) is 17.4 Å². The summed E-state index contributed by atoms with van der Waals surface area (Å²) in [4.78, 5) is 10.5. The number of ether oxygens (including phenoxy) is 1. The van der Waals surface area contributed by atoms with Crippen molar-refractivity contribution in [2.45, 2.75) is 13.8 Å². The molecular formula is C15H12F2O2. The molecule has 0 aromatic heterocycles. The van der Waals surface area contributed by atoms with Gasteiger partial charge in [0, 0.05) is 5.56 Å². The van der Waals surface area contributed by atoms with Gasteiger partial charge >= 0.3 is 0 Å². The van der Waals surface area contributed by atoms with E-state index in [4.69, 9.17) is 4.74 Å². The number of carbonyl (C=O) groups excluding carboxylic acids is 1. The second-order valence-electron chi connectivity index (χ2n) is 4.23. The Morgan fingerprint density at radius 2 is 1.74 bits per heavy atom. The summed E-state index contributed by atoms with van der Waals surface area (Å²) >= 11 is 0. The normalized spacial score (nSPS) is 10.3. The molecule has 4 heteroatoms. The van der Waals surface area contributed by atoms with E-state index in [-0.39, 0.29) is 5.56 Å². The number of rotatable bonds is 3. The largest absolute Gasteiger partial charge is 0.451 e. The molecule has 0 N–H and O–H groups in total. The fourth-order valence-corrected chi connectivity index (χ4v) is 1.69. The van der Waals surface area contributed by atoms with Gasteiger partial charge in [-0.25, -0.2) is 8.78 Å². The van der Waals surface area contributed by atoms with Crippen LogP contribution in [0.15, 0.2) is 30.3 Å². The van der Waals surface area contributed by atoms with Crippen LogP contribution in [0.2, 0.25) is 0 Å². The van der Waals surface area contributed by atoms with Crippen molar-refractivity contribution in [1.82, 2.24) is 0 Å². The van der Waals surface area contributed by atoms with Crippen LogP contribution in [0.5, 0.6) is 11.5 Å². The first-order chi connectivity index (χ1) is 9.02. The van der Waals surface area contributed by atoms with E-state index in [0.29, 0.717) is 12.0 Å². The smallest absolute Gasteiger partial charge is 0.198 e. The average molecular weight is 262 g/mol. The molecule has 0 unspecified atom stereocenters. The summed E-state index contributed by atoms with van der Waals surface area (Å²) in [6.07, 6.45) is 0.383. The van der Waals surface area contributed by atoms with Gasteiger partial charge in [0.1, 0.15) is 12.0 Å². The monoisotopic (exact) mass is 262 g/mol. The third-order valence-electron chi connectivity index (χ3n) is 2.92. The van der Waals surface area contributed by atoms with Crippen LogP contribution in [0, 0.1) is 25.5 Å². The van der Waals surface area contributed by atoms with Crippen LogP contribution >= 0.6 is 0 Å². The Kier molecular flexibility index (Phi) is 3.60. The molecule has 2 aromatic rings. The van der Waals surface area contributed by atoms with E-state index in [1.807, 2.05) is 13.0 Å². The van der Waals surface area contributed by atoms with Gasteiger partial charge in [-0.05, 0) is 43.2 Å². The predicted molar refractivity (Wildman–Crippen MR) is 67.7 cm³/mol. The topological polar surface area (TPSA) is 26.3 Å². The first-order valence-corrected chi connectivity index (χ1v) is 5.71. The van der Waals surface area contributed by atoms with Gasteiger partial charge in [0.2, 0.25) is 0 Å². The molecule has 98 valence electrons. The Morgan fingerprint density at radius 1 is 1.11 bits per heavy atom. The standard InChI is InChI=1S/C15H12F2O2/c1-9-4-3-5-14(10(9)2)19-15-12(16)6-11(8-18)7-13(15)17/h3-8H,1-2H3. The molecule has 0 atom stereocenters. The van der Waals surface area contributed by atoms with Crippen molar-refractivity contribution in [1.29, 1.82) is 0 Å². The molecule has 0 fully saturated rings. The summed E-state index contributed by atoms with van der Waals surface area (Å²) in [6, 6.07) is 7.14. The van der Waals surface area contributed by atoms with Crippen LogP contribution in [0.4, 0.5) is 8.78 Å². The van der Waals surface area contributed by atoms with Crippen LogP contribution in [0.25, 0.3) is 0 Å². The summed E-state index contributed by atoms with van der Waals surface area (Å²) in [5, 5.41) is 0. The number of hydrogen-bond donors (Lipinski definition) is 0. The molecule has 2 aromatic carbocycles. The lowest BCUT2D eigenvalue weighted by molar-refractivity contribution is 0.112. The Balaban J connectivity index is 2.44. The molecule has 0 radical (unpaired) electrons. The zero-order valence-electron chi connectivity index (χ0n) is 10.5. The number of aldehydes is 1. The SMILES string of the molecule is Cc1cccc(Oc2c(F)cc(C=O)cc2F)c1C. The third-order valence-corrected chi connectivity index (χ3v) is 2.92. The summed E-state index contributed by atoms with van der Waals surface area (Å²) < 4.78 is 32.7. The van der Waals surface area contributed by atoms with Crippen molar-refractivity contribution in [2.24, 2.45) is 0 Å². The van der Waals surface area contributed by atoms with E-state index in [9.17, 15) is 13.6 Å². The number of hydrogen-bond acceptors (Lipinski definition) is 2. The maximum absolute atomic E-state index is 13.7. The van der Waals surface area contributed by atoms with Gasteiger partial charge in [-0.2, -0.15) is 0 Å². The lowest BCUT2D eigenvalue weighted by atomic mass is 10.1. The van der Waals surface area contributed by atoms with Gasteiger partial charge < -0.3 is 4.74 Å². The molecule has 0 heterocycles. The lowest BCUT2D eigenvalue weighted by Crippen LogP contribution is -1.97. The molecule has 0 spiro atoms. The highest BCUT2D eigenvalue weighted by atomic mass is 19.1. The summed E-state index contributed by atoms with van der Waals surface area (Å²) in [5.41, 5.74) is 1.70. The van der Waals surface area contributed by atoms with E-state index >= 15 is 0 Å². The molecule has 19 heavy (non-hydrogen) atoms. The Bertz CT molecular complexity index is 613. The zero-order chi connectivity index (χ0) is 14.0. The van der Waals surface area contributed by atoms with Crippen molar-refractivity contribution in [3.8, 4) is 11.5 Å². The highest BCUT2D eigenvalue weighted by molar-refractivity contribution is 5.75. The quantitative estimate of drug-likeness (QED) is 0.775. The molecule has 2 rings (SSSR count). The Hall–Kier alpha value is -2.23. The van der Waals surface area contributed by atoms with Gasteiger partial charge in [-0.1, -0.05) is 12.1 Å². The Morgan fingerprint density at radius 3 is 2.32 bits per heavy atom. The maximum atomic E-state index is 13.7. The van der Waals surface area contributed by atoms with E-state index in [1.165, 1.54) is 0 Å². The minimum atomic E-state index is -0.900. The van der Waals surface area contributed by atoms with E-state index in [2.05, 4.69) is 0 Å². The van der Waals surface area contributed by atoms with Gasteiger partial charge in [0.25, 0.3) is 0 Å². The van der Waals surface area contributed by atoms with Crippen molar-refractivity contribution < 1.29 is 18.3 Å². The van der Waals surface area contributed by atoms with Crippen LogP contribution in [-0.2, 0) is 0 Å². The molecule has 0 amide bonds. The minimum Gasteiger partial charge on any atom is -0.451 e. The zero-order valence-corrected chi connectivity index (χ0v) is 10.5. The second kappa shape index (κ2) is 5.18. The van der Waals surface area contributed by atoms with E-state index in [0.717, 1.165) is 23.3 Å². The molecule has 0 saturated heterocycles. The first kappa shape index (κ1) is 13.2. The summed E-state index contributed by atoms with van der Waals surface area (Å²) in [6.45, 7) is 3.69. The summed E-state index contributed by atoms with van der Waals surface area (Å²) in [5.74, 6) is -1.91. The van der Waals surface area contributed by atoms with Crippen LogP contribution in [0.3, 0.4) is 0 Å². The molecule has 2 nitrogen and oxygen atoms in total. The fourth-order valence-electron chi connectivity index (χ4n) is 1.69. The molecular weight excluding hydrogens is 250 g/mol. The highest BCUT2D eigenvalue weighted by Crippen LogP contribution is 2.31. The van der Waals surface area contributed by atoms with Crippen molar-refractivity contribution >= 4 is 6.29 Å². The first-order valence-electron chi connectivity index (χ1n) is 5.71. The van der Waals surface area contributed by atoms with Crippen molar-refractivity contribution in [3.63, 3.8) is 0 Å². The number of carbonyl (C=O) groups is 1. The lowest BCUT2D eigenvalue weighted by Gasteiger charge is -2.12. The molecule has 0 aliphatic rings. The second-order valence-corrected chi connectivity index (χ2v) is 4.23. The van der Waals surface area contributed by atoms with Crippen molar-refractivity contribution in [2.75, 3.05) is 0 Å². The minimum absolute atomic E-state index is 0.0664. The van der Waals surface area contributed by atoms with Gasteiger partial charge in [-0.3, -0.25) is 4.79 Å². The van der Waals surface area contributed by atoms with Crippen LogP contribution in [-0.4, -0.2) is 6.29 Å². The van der Waals surface area contributed by atoms with Gasteiger partial charge in [-0.15, -0.1) is 0 Å². The maximum Gasteiger partial charge on any atom is 0.198 e. The molecule has 0 aliphatic heterocycles. The molecule has 0 bridgehead atoms. The van der Waals surface area contributed by atoms with E-state index in [1.54, 1.807) is 19.1 Å². The summed E-state index contributed by atoms with van der Waals surface area (Å²) in [7, 11) is 0. The third kappa shape index (κ3) is 2.62. The molecule has 0 aliphatic carbocycles.